The molecule has 3 heterocycles. The summed E-state index contributed by atoms with van der Waals surface area (Å²) in [6, 6.07) is 0. The third-order valence-electron chi connectivity index (χ3n) is 3.87. The topological polar surface area (TPSA) is 84.8 Å². The monoisotopic (exact) mass is 303 g/mol. The number of nitrogens with one attached hydrogen (secondary N) is 2. The van der Waals surface area contributed by atoms with Crippen LogP contribution >= 0.6 is 0 Å². The molecule has 1 aliphatic rings. The van der Waals surface area contributed by atoms with Crippen LogP contribution in [0.2, 0.25) is 0 Å². The summed E-state index contributed by atoms with van der Waals surface area (Å²) in [6.45, 7) is 4.52. The number of aryl methyl sites for hydroxylation is 1. The number of carbonyl (C=O) groups excluding carboxylic acids is 1. The molecule has 2 aromatic rings. The van der Waals surface area contributed by atoms with Crippen LogP contribution in [0.4, 0.5) is 0 Å². The van der Waals surface area contributed by atoms with Crippen molar-refractivity contribution >= 4 is 5.91 Å². The molecular formula is C15H21N5O2. The average Bonchev–Trinajstić information content (AvgIpc) is 3.05. The van der Waals surface area contributed by atoms with Crippen LogP contribution in [0.5, 0.6) is 0 Å². The molecule has 0 saturated carbocycles. The zero-order valence-electron chi connectivity index (χ0n) is 13.1. The van der Waals surface area contributed by atoms with Crippen molar-refractivity contribution in [3.63, 3.8) is 0 Å². The summed E-state index contributed by atoms with van der Waals surface area (Å²) >= 11 is 0. The molecular weight excluding hydrogens is 282 g/mol. The first-order valence-corrected chi connectivity index (χ1v) is 7.52. The third kappa shape index (κ3) is 2.89. The second-order valence-corrected chi connectivity index (χ2v) is 5.79. The zero-order valence-corrected chi connectivity index (χ0v) is 13.1. The molecule has 22 heavy (non-hydrogen) atoms. The molecule has 0 spiro atoms. The number of ether oxygens (including phenoxy) is 1. The lowest BCUT2D eigenvalue weighted by atomic mass is 9.99. The van der Waals surface area contributed by atoms with E-state index < -0.39 is 0 Å². The van der Waals surface area contributed by atoms with Gasteiger partial charge in [-0.1, -0.05) is 0 Å². The van der Waals surface area contributed by atoms with Crippen molar-refractivity contribution < 1.29 is 9.53 Å². The summed E-state index contributed by atoms with van der Waals surface area (Å²) in [4.78, 5) is 16.6. The molecule has 2 N–H and O–H groups in total. The summed E-state index contributed by atoms with van der Waals surface area (Å²) in [5, 5.41) is 10.0. The minimum Gasteiger partial charge on any atom is -0.369 e. The Labute approximate surface area is 129 Å². The number of nitrogens with zero attached hydrogens (tertiary/aromatic N) is 3. The van der Waals surface area contributed by atoms with Crippen LogP contribution in [0.3, 0.4) is 0 Å². The van der Waals surface area contributed by atoms with E-state index in [-0.39, 0.29) is 18.1 Å². The highest BCUT2D eigenvalue weighted by Gasteiger charge is 2.29. The van der Waals surface area contributed by atoms with Gasteiger partial charge in [0.2, 0.25) is 0 Å². The molecule has 2 atom stereocenters. The average molecular weight is 303 g/mol. The van der Waals surface area contributed by atoms with E-state index in [4.69, 9.17) is 4.74 Å². The minimum absolute atomic E-state index is 0.0543. The molecule has 2 aromatic heterocycles. The highest BCUT2D eigenvalue weighted by Crippen LogP contribution is 2.29. The Morgan fingerprint density at radius 2 is 2.36 bits per heavy atom. The van der Waals surface area contributed by atoms with Crippen LogP contribution in [-0.4, -0.2) is 38.3 Å². The highest BCUT2D eigenvalue weighted by atomic mass is 16.5. The minimum atomic E-state index is -0.144. The Balaban J connectivity index is 1.63. The number of aromatic nitrogens is 4. The lowest BCUT2D eigenvalue weighted by molar-refractivity contribution is -0.00697. The molecule has 118 valence electrons. The summed E-state index contributed by atoms with van der Waals surface area (Å²) < 4.78 is 7.63. The van der Waals surface area contributed by atoms with Crippen molar-refractivity contribution in [3.05, 3.63) is 35.2 Å². The lowest BCUT2D eigenvalue weighted by Gasteiger charge is -2.25. The van der Waals surface area contributed by atoms with Crippen LogP contribution < -0.4 is 5.32 Å². The number of aromatic amines is 1. The van der Waals surface area contributed by atoms with E-state index in [1.807, 2.05) is 31.7 Å². The van der Waals surface area contributed by atoms with Gasteiger partial charge in [0, 0.05) is 38.2 Å². The SMILES string of the molecule is C[C@@H]1Cc2c(C(=O)NCCc3cn(C)cn3)n[nH]c2[C@H](C)O1. The number of fused-ring (bicyclic) bond motifs is 1. The van der Waals surface area contributed by atoms with Crippen LogP contribution in [0.25, 0.3) is 0 Å². The second kappa shape index (κ2) is 5.92. The van der Waals surface area contributed by atoms with Gasteiger partial charge in [0.25, 0.3) is 5.91 Å². The molecule has 7 heteroatoms. The van der Waals surface area contributed by atoms with Gasteiger partial charge in [-0.2, -0.15) is 5.10 Å². The maximum absolute atomic E-state index is 12.3. The first-order chi connectivity index (χ1) is 10.5. The molecule has 1 aliphatic heterocycles. The van der Waals surface area contributed by atoms with Crippen LogP contribution in [-0.2, 0) is 24.6 Å². The molecule has 0 fully saturated rings. The van der Waals surface area contributed by atoms with E-state index in [9.17, 15) is 4.79 Å². The largest absolute Gasteiger partial charge is 0.369 e. The van der Waals surface area contributed by atoms with E-state index >= 15 is 0 Å². The molecule has 0 unspecified atom stereocenters. The van der Waals surface area contributed by atoms with Gasteiger partial charge in [-0.25, -0.2) is 4.98 Å². The van der Waals surface area contributed by atoms with E-state index in [0.717, 1.165) is 17.0 Å². The van der Waals surface area contributed by atoms with Crippen molar-refractivity contribution in [3.8, 4) is 0 Å². The highest BCUT2D eigenvalue weighted by molar-refractivity contribution is 5.94. The van der Waals surface area contributed by atoms with Crippen molar-refractivity contribution in [2.75, 3.05) is 6.54 Å². The first-order valence-electron chi connectivity index (χ1n) is 7.52. The van der Waals surface area contributed by atoms with Crippen LogP contribution in [0, 0.1) is 0 Å². The number of carbonyl (C=O) groups is 1. The molecule has 0 aliphatic carbocycles. The summed E-state index contributed by atoms with van der Waals surface area (Å²) in [5.74, 6) is -0.144. The quantitative estimate of drug-likeness (QED) is 0.887. The normalized spacial score (nSPS) is 20.7. The Morgan fingerprint density at radius 3 is 3.09 bits per heavy atom. The van der Waals surface area contributed by atoms with Gasteiger partial charge in [0.05, 0.1) is 29.9 Å². The van der Waals surface area contributed by atoms with Gasteiger partial charge in [-0.05, 0) is 13.8 Å². The van der Waals surface area contributed by atoms with Crippen molar-refractivity contribution in [2.45, 2.75) is 38.9 Å². The number of rotatable bonds is 4. The summed E-state index contributed by atoms with van der Waals surface area (Å²) in [6.07, 6.45) is 5.16. The lowest BCUT2D eigenvalue weighted by Crippen LogP contribution is -2.29. The molecule has 0 saturated heterocycles. The van der Waals surface area contributed by atoms with Gasteiger partial charge < -0.3 is 14.6 Å². The fraction of sp³-hybridized carbons (Fsp3) is 0.533. The first kappa shape index (κ1) is 14.8. The number of hydrogen-bond acceptors (Lipinski definition) is 4. The maximum atomic E-state index is 12.3. The Morgan fingerprint density at radius 1 is 1.55 bits per heavy atom. The molecule has 7 nitrogen and oxygen atoms in total. The van der Waals surface area contributed by atoms with E-state index in [1.54, 1.807) is 6.33 Å². The predicted molar refractivity (Wildman–Crippen MR) is 80.5 cm³/mol. The number of imidazole rings is 1. The molecule has 0 aromatic carbocycles. The van der Waals surface area contributed by atoms with Gasteiger partial charge >= 0.3 is 0 Å². The Kier molecular flexibility index (Phi) is 3.98. The van der Waals surface area contributed by atoms with Gasteiger partial charge in [-0.3, -0.25) is 9.89 Å². The van der Waals surface area contributed by atoms with E-state index in [1.165, 1.54) is 0 Å². The Hall–Kier alpha value is -2.15. The number of amides is 1. The van der Waals surface area contributed by atoms with Gasteiger partial charge in [0.1, 0.15) is 0 Å². The number of H-pyrrole nitrogens is 1. The third-order valence-corrected chi connectivity index (χ3v) is 3.87. The van der Waals surface area contributed by atoms with Gasteiger partial charge in [-0.15, -0.1) is 0 Å². The smallest absolute Gasteiger partial charge is 0.272 e. The predicted octanol–water partition coefficient (Wildman–Crippen LogP) is 1.14. The fourth-order valence-corrected chi connectivity index (χ4v) is 2.85. The number of hydrogen-bond donors (Lipinski definition) is 2. The van der Waals surface area contributed by atoms with Crippen molar-refractivity contribution in [2.24, 2.45) is 7.05 Å². The maximum Gasteiger partial charge on any atom is 0.272 e. The van der Waals surface area contributed by atoms with Crippen LogP contribution in [0.15, 0.2) is 12.5 Å². The second-order valence-electron chi connectivity index (χ2n) is 5.79. The fourth-order valence-electron chi connectivity index (χ4n) is 2.85. The standard InChI is InChI=1S/C15H21N5O2/c1-9-6-12-13(10(2)22-9)18-19-14(12)15(21)16-5-4-11-7-20(3)8-17-11/h7-10H,4-6H2,1-3H3,(H,16,21)(H,18,19)/t9-,10+/m1/s1. The van der Waals surface area contributed by atoms with Crippen molar-refractivity contribution in [1.29, 1.82) is 0 Å². The molecule has 3 rings (SSSR count). The van der Waals surface area contributed by atoms with Gasteiger partial charge in [0.15, 0.2) is 5.69 Å². The van der Waals surface area contributed by atoms with E-state index in [2.05, 4.69) is 20.5 Å². The zero-order chi connectivity index (χ0) is 15.7. The van der Waals surface area contributed by atoms with E-state index in [0.29, 0.717) is 25.1 Å². The van der Waals surface area contributed by atoms with Crippen LogP contribution in [0.1, 0.15) is 47.4 Å². The molecule has 0 bridgehead atoms. The Bertz CT molecular complexity index is 675. The van der Waals surface area contributed by atoms with Crippen molar-refractivity contribution in [1.82, 2.24) is 25.1 Å². The summed E-state index contributed by atoms with van der Waals surface area (Å²) in [7, 11) is 1.93. The molecule has 0 radical (unpaired) electrons. The summed E-state index contributed by atoms with van der Waals surface area (Å²) in [5.41, 5.74) is 3.33. The molecule has 1 amide bonds.